The Kier molecular flexibility index (Phi) is 35.3. The average Bonchev–Trinajstić information content (AvgIpc) is 3.30. The van der Waals surface area contributed by atoms with E-state index in [0.29, 0.717) is 25.5 Å². The van der Waals surface area contributed by atoms with Crippen LogP contribution in [0, 0.1) is 5.92 Å². The van der Waals surface area contributed by atoms with Crippen molar-refractivity contribution in [2.75, 3.05) is 26.4 Å². The smallest absolute Gasteiger partial charge is 0.306 e. The molecule has 9 nitrogen and oxygen atoms in total. The van der Waals surface area contributed by atoms with E-state index in [1.54, 1.807) is 13.8 Å². The van der Waals surface area contributed by atoms with Gasteiger partial charge in [-0.2, -0.15) is 0 Å². The monoisotopic (exact) mass is 841 g/mol. The van der Waals surface area contributed by atoms with Crippen molar-refractivity contribution < 1.29 is 35.1 Å². The summed E-state index contributed by atoms with van der Waals surface area (Å²) in [5, 5.41) is 42.6. The van der Waals surface area contributed by atoms with Gasteiger partial charge in [-0.25, -0.2) is 0 Å². The number of unbranched alkanes of at least 4 members (excludes halogenated alkanes) is 1. The van der Waals surface area contributed by atoms with Crippen LogP contribution in [-0.2, 0) is 41.9 Å². The quantitative estimate of drug-likeness (QED) is 0.0359. The summed E-state index contributed by atoms with van der Waals surface area (Å²) < 4.78 is 5.25. The maximum absolute atomic E-state index is 11.6. The average molecular weight is 841 g/mol. The molecule has 0 radical (unpaired) electrons. The van der Waals surface area contributed by atoms with Gasteiger partial charge in [0, 0.05) is 38.8 Å². The topological polar surface area (TPSA) is 179 Å². The molecule has 0 heterocycles. The summed E-state index contributed by atoms with van der Waals surface area (Å²) >= 11 is 0. The molecule has 9 heteroatoms. The van der Waals surface area contributed by atoms with Gasteiger partial charge in [0.1, 0.15) is 0 Å². The molecule has 0 aromatic heterocycles. The summed E-state index contributed by atoms with van der Waals surface area (Å²) in [6.07, 6.45) is 6.32. The molecule has 61 heavy (non-hydrogen) atoms. The second-order valence-corrected chi connectivity index (χ2v) is 15.0. The highest BCUT2D eigenvalue weighted by atomic mass is 16.5. The number of aryl methyl sites for hydroxylation is 3. The van der Waals surface area contributed by atoms with Crippen LogP contribution in [0.5, 0.6) is 0 Å². The van der Waals surface area contributed by atoms with E-state index >= 15 is 0 Å². The van der Waals surface area contributed by atoms with Gasteiger partial charge in [-0.15, -0.1) is 0 Å². The van der Waals surface area contributed by atoms with E-state index in [1.807, 2.05) is 141 Å². The highest BCUT2D eigenvalue weighted by Crippen LogP contribution is 2.13. The third-order valence-corrected chi connectivity index (χ3v) is 8.85. The molecule has 5 rings (SSSR count). The highest BCUT2D eigenvalue weighted by Gasteiger charge is 2.25. The van der Waals surface area contributed by atoms with Gasteiger partial charge >= 0.3 is 5.97 Å². The molecule has 0 saturated carbocycles. The molecule has 0 aliphatic rings. The predicted octanol–water partition coefficient (Wildman–Crippen LogP) is 8.22. The van der Waals surface area contributed by atoms with E-state index in [0.717, 1.165) is 50.5 Å². The standard InChI is InChI=1S/C18H20O2.C9H12O.C7H17NO.C7H9N.C7H8O.C4H10O2/c19-18(14-13-17-10-5-2-6-11-17)20-15-7-12-16-8-3-1-4-9-16;10-8-4-7-9-5-2-1-3-6-9;1-5(2)6(8)7(3,4)9;2*8-6-7-4-2-1-3-5-7;5-3-1-2-4-6/h1-6,8-11H,7,12-15H2;1-3,5-6,10H,4,7-8H2;5-6,9H,8H2,1-4H3;1-5H,6,8H2;1-5,8H,6H2;5-6H,1-4H2. The fourth-order valence-corrected chi connectivity index (χ4v) is 5.23. The lowest BCUT2D eigenvalue weighted by Gasteiger charge is -2.28. The van der Waals surface area contributed by atoms with E-state index in [1.165, 1.54) is 22.3 Å². The number of ether oxygens (including phenoxy) is 1. The molecule has 5 aromatic carbocycles. The van der Waals surface area contributed by atoms with Crippen LogP contribution in [0.3, 0.4) is 0 Å². The Bertz CT molecular complexity index is 1610. The summed E-state index contributed by atoms with van der Waals surface area (Å²) in [6.45, 7) is 9.43. The van der Waals surface area contributed by atoms with E-state index in [4.69, 9.17) is 36.6 Å². The van der Waals surface area contributed by atoms with Crippen LogP contribution in [0.2, 0.25) is 0 Å². The van der Waals surface area contributed by atoms with Gasteiger partial charge in [-0.1, -0.05) is 166 Å². The van der Waals surface area contributed by atoms with Gasteiger partial charge in [0.25, 0.3) is 0 Å². The number of nitrogens with two attached hydrogens (primary N) is 2. The Morgan fingerprint density at radius 2 is 0.885 bits per heavy atom. The number of rotatable bonds is 17. The van der Waals surface area contributed by atoms with E-state index < -0.39 is 5.60 Å². The van der Waals surface area contributed by atoms with Crippen LogP contribution >= 0.6 is 0 Å². The first-order chi connectivity index (χ1) is 29.4. The van der Waals surface area contributed by atoms with Crippen molar-refractivity contribution in [1.29, 1.82) is 0 Å². The number of esters is 1. The number of hydrogen-bond acceptors (Lipinski definition) is 9. The predicted molar refractivity (Wildman–Crippen MR) is 252 cm³/mol. The zero-order chi connectivity index (χ0) is 45.4. The molecule has 0 aliphatic carbocycles. The number of benzene rings is 5. The largest absolute Gasteiger partial charge is 0.466 e. The van der Waals surface area contributed by atoms with E-state index in [-0.39, 0.29) is 38.4 Å². The van der Waals surface area contributed by atoms with Gasteiger partial charge in [-0.3, -0.25) is 4.79 Å². The first-order valence-corrected chi connectivity index (χ1v) is 21.4. The molecule has 336 valence electrons. The normalized spacial score (nSPS) is 10.6. The third-order valence-electron chi connectivity index (χ3n) is 8.85. The Balaban J connectivity index is 0.000000753. The third kappa shape index (κ3) is 33.7. The fourth-order valence-electron chi connectivity index (χ4n) is 5.23. The lowest BCUT2D eigenvalue weighted by molar-refractivity contribution is -0.143. The van der Waals surface area contributed by atoms with Crippen molar-refractivity contribution in [3.63, 3.8) is 0 Å². The number of hydrogen-bond donors (Lipinski definition) is 7. The lowest BCUT2D eigenvalue weighted by Crippen LogP contribution is -2.46. The number of aliphatic hydroxyl groups excluding tert-OH is 4. The van der Waals surface area contributed by atoms with Crippen molar-refractivity contribution in [1.82, 2.24) is 0 Å². The van der Waals surface area contributed by atoms with Crippen molar-refractivity contribution in [2.24, 2.45) is 17.4 Å². The van der Waals surface area contributed by atoms with Crippen LogP contribution in [-0.4, -0.2) is 69.6 Å². The van der Waals surface area contributed by atoms with Gasteiger partial charge < -0.3 is 41.7 Å². The molecule has 5 aromatic rings. The summed E-state index contributed by atoms with van der Waals surface area (Å²) in [7, 11) is 0. The first-order valence-electron chi connectivity index (χ1n) is 21.4. The highest BCUT2D eigenvalue weighted by molar-refractivity contribution is 5.69. The maximum atomic E-state index is 11.6. The van der Waals surface area contributed by atoms with Crippen LogP contribution in [0.15, 0.2) is 152 Å². The lowest BCUT2D eigenvalue weighted by atomic mass is 9.90. The Morgan fingerprint density at radius 1 is 0.541 bits per heavy atom. The van der Waals surface area contributed by atoms with E-state index in [2.05, 4.69) is 24.3 Å². The second-order valence-electron chi connectivity index (χ2n) is 15.0. The molecule has 0 saturated heterocycles. The van der Waals surface area contributed by atoms with Gasteiger partial charge in [-0.05, 0) is 92.5 Å². The number of carbonyl (C=O) groups is 1. The Hall–Kier alpha value is -4.71. The van der Waals surface area contributed by atoms with Crippen molar-refractivity contribution in [3.05, 3.63) is 179 Å². The van der Waals surface area contributed by atoms with Gasteiger partial charge in [0.2, 0.25) is 0 Å². The first kappa shape index (κ1) is 56.3. The fraction of sp³-hybridized carbons (Fsp3) is 0.404. The molecule has 1 atom stereocenters. The molecule has 1 unspecified atom stereocenters. The number of carbonyl (C=O) groups excluding carboxylic acids is 1. The van der Waals surface area contributed by atoms with Crippen LogP contribution in [0.4, 0.5) is 0 Å². The molecular weight excluding hydrogens is 765 g/mol. The van der Waals surface area contributed by atoms with Crippen LogP contribution in [0.1, 0.15) is 87.6 Å². The summed E-state index contributed by atoms with van der Waals surface area (Å²) in [5.74, 6) is 0.229. The molecule has 0 fully saturated rings. The van der Waals surface area contributed by atoms with Crippen LogP contribution < -0.4 is 11.5 Å². The van der Waals surface area contributed by atoms with E-state index in [9.17, 15) is 9.90 Å². The maximum Gasteiger partial charge on any atom is 0.306 e. The summed E-state index contributed by atoms with van der Waals surface area (Å²) in [4.78, 5) is 11.6. The van der Waals surface area contributed by atoms with Gasteiger partial charge in [0.15, 0.2) is 0 Å². The summed E-state index contributed by atoms with van der Waals surface area (Å²) in [5.41, 5.74) is 16.2. The number of aliphatic hydroxyl groups is 5. The minimum Gasteiger partial charge on any atom is -0.466 e. The minimum atomic E-state index is -0.742. The van der Waals surface area contributed by atoms with Crippen LogP contribution in [0.25, 0.3) is 0 Å². The minimum absolute atomic E-state index is 0.109. The Labute approximate surface area is 367 Å². The SMILES string of the molecule is CC(C)C(N)C(C)(C)O.NCc1ccccc1.O=C(CCc1ccccc1)OCCCc1ccccc1.OCCCCO.OCCCc1ccccc1.OCc1ccccc1. The molecule has 9 N–H and O–H groups in total. The summed E-state index contributed by atoms with van der Waals surface area (Å²) in [6, 6.07) is 49.9. The second kappa shape index (κ2) is 38.2. The van der Waals surface area contributed by atoms with Crippen molar-refractivity contribution in [3.8, 4) is 0 Å². The molecule has 0 bridgehead atoms. The zero-order valence-corrected chi connectivity index (χ0v) is 37.2. The molecular formula is C52H76N2O7. The van der Waals surface area contributed by atoms with Crippen molar-refractivity contribution >= 4 is 5.97 Å². The molecule has 0 amide bonds. The Morgan fingerprint density at radius 3 is 1.16 bits per heavy atom. The van der Waals surface area contributed by atoms with Gasteiger partial charge in [0.05, 0.1) is 18.8 Å². The van der Waals surface area contributed by atoms with Crippen molar-refractivity contribution in [2.45, 2.75) is 104 Å². The zero-order valence-electron chi connectivity index (χ0n) is 37.2. The molecule has 0 aliphatic heterocycles. The molecule has 0 spiro atoms.